The molecular formula is C17H20N4O4S2. The number of sulfone groups is 1. The fraction of sp³-hybridized carbons (Fsp3) is 0.353. The van der Waals surface area contributed by atoms with Gasteiger partial charge in [-0.15, -0.1) is 0 Å². The SMILES string of the molecule is CSc1nccn1-c1cccc(C(=O)NNC(=O)CC2CCS(=O)(=O)C2)c1. The largest absolute Gasteiger partial charge is 0.295 e. The molecule has 10 heteroatoms. The molecular weight excluding hydrogens is 388 g/mol. The number of thioether (sulfide) groups is 1. The molecule has 3 rings (SSSR count). The number of nitrogens with one attached hydrogen (secondary N) is 2. The molecule has 2 N–H and O–H groups in total. The van der Waals surface area contributed by atoms with Crippen molar-refractivity contribution in [3.63, 3.8) is 0 Å². The third kappa shape index (κ3) is 4.89. The van der Waals surface area contributed by atoms with E-state index in [4.69, 9.17) is 0 Å². The molecule has 0 spiro atoms. The van der Waals surface area contributed by atoms with E-state index in [-0.39, 0.29) is 23.8 Å². The lowest BCUT2D eigenvalue weighted by atomic mass is 10.1. The highest BCUT2D eigenvalue weighted by Gasteiger charge is 2.29. The lowest BCUT2D eigenvalue weighted by Crippen LogP contribution is -2.42. The molecule has 0 aliphatic carbocycles. The number of hydrogen-bond donors (Lipinski definition) is 2. The van der Waals surface area contributed by atoms with Gasteiger partial charge < -0.3 is 0 Å². The van der Waals surface area contributed by atoms with Crippen molar-refractivity contribution >= 4 is 33.4 Å². The summed E-state index contributed by atoms with van der Waals surface area (Å²) in [5, 5.41) is 0.798. The van der Waals surface area contributed by atoms with Gasteiger partial charge in [-0.25, -0.2) is 13.4 Å². The maximum Gasteiger partial charge on any atom is 0.269 e. The number of carbonyl (C=O) groups excluding carboxylic acids is 2. The first kappa shape index (κ1) is 19.4. The first-order valence-corrected chi connectivity index (χ1v) is 11.4. The fourth-order valence-electron chi connectivity index (χ4n) is 2.98. The van der Waals surface area contributed by atoms with Crippen LogP contribution in [-0.2, 0) is 14.6 Å². The molecule has 1 aliphatic rings. The van der Waals surface area contributed by atoms with Crippen LogP contribution >= 0.6 is 11.8 Å². The maximum absolute atomic E-state index is 12.3. The summed E-state index contributed by atoms with van der Waals surface area (Å²) >= 11 is 1.49. The number of rotatable bonds is 5. The van der Waals surface area contributed by atoms with E-state index in [1.54, 1.807) is 30.6 Å². The van der Waals surface area contributed by atoms with E-state index in [1.165, 1.54) is 11.8 Å². The normalized spacial score (nSPS) is 18.2. The van der Waals surface area contributed by atoms with Gasteiger partial charge >= 0.3 is 0 Å². The van der Waals surface area contributed by atoms with Crippen molar-refractivity contribution < 1.29 is 18.0 Å². The smallest absolute Gasteiger partial charge is 0.269 e. The number of hydrogen-bond acceptors (Lipinski definition) is 6. The van der Waals surface area contributed by atoms with Gasteiger partial charge in [0.15, 0.2) is 15.0 Å². The van der Waals surface area contributed by atoms with Gasteiger partial charge in [-0.3, -0.25) is 25.0 Å². The van der Waals surface area contributed by atoms with Gasteiger partial charge in [-0.05, 0) is 36.8 Å². The van der Waals surface area contributed by atoms with Crippen molar-refractivity contribution in [2.24, 2.45) is 5.92 Å². The van der Waals surface area contributed by atoms with E-state index in [0.29, 0.717) is 12.0 Å². The lowest BCUT2D eigenvalue weighted by molar-refractivity contribution is -0.122. The standard InChI is InChI=1S/C17H20N4O4S2/c1-26-17-18-6-7-21(17)14-4-2-3-13(10-14)16(23)20-19-15(22)9-12-5-8-27(24,25)11-12/h2-4,6-7,10,12H,5,8-9,11H2,1H3,(H,19,22)(H,20,23). The lowest BCUT2D eigenvalue weighted by Gasteiger charge is -2.11. The van der Waals surface area contributed by atoms with E-state index in [2.05, 4.69) is 15.8 Å². The molecule has 1 aliphatic heterocycles. The summed E-state index contributed by atoms with van der Waals surface area (Å²) < 4.78 is 24.7. The van der Waals surface area contributed by atoms with Crippen molar-refractivity contribution in [2.75, 3.05) is 17.8 Å². The monoisotopic (exact) mass is 408 g/mol. The Morgan fingerprint density at radius 1 is 1.33 bits per heavy atom. The molecule has 1 aromatic carbocycles. The highest BCUT2D eigenvalue weighted by atomic mass is 32.2. The minimum atomic E-state index is -3.02. The molecule has 144 valence electrons. The molecule has 0 saturated carbocycles. The summed E-state index contributed by atoms with van der Waals surface area (Å²) in [4.78, 5) is 28.5. The summed E-state index contributed by atoms with van der Waals surface area (Å²) in [7, 11) is -3.02. The molecule has 1 aromatic heterocycles. The quantitative estimate of drug-likeness (QED) is 0.568. The van der Waals surface area contributed by atoms with E-state index in [1.807, 2.05) is 16.9 Å². The van der Waals surface area contributed by atoms with Gasteiger partial charge in [0, 0.05) is 30.1 Å². The Morgan fingerprint density at radius 2 is 2.15 bits per heavy atom. The average Bonchev–Trinajstić information content (AvgIpc) is 3.25. The van der Waals surface area contributed by atoms with E-state index >= 15 is 0 Å². The second-order valence-electron chi connectivity index (χ2n) is 6.31. The summed E-state index contributed by atoms with van der Waals surface area (Å²) in [5.41, 5.74) is 5.90. The summed E-state index contributed by atoms with van der Waals surface area (Å²) in [6, 6.07) is 6.95. The Bertz CT molecular complexity index is 955. The summed E-state index contributed by atoms with van der Waals surface area (Å²) in [6.45, 7) is 0. The number of carbonyl (C=O) groups is 2. The van der Waals surface area contributed by atoms with Crippen molar-refractivity contribution in [2.45, 2.75) is 18.0 Å². The van der Waals surface area contributed by atoms with Crippen LogP contribution in [0.2, 0.25) is 0 Å². The average molecular weight is 409 g/mol. The van der Waals surface area contributed by atoms with Crippen LogP contribution in [0.1, 0.15) is 23.2 Å². The predicted octanol–water partition coefficient (Wildman–Crippen LogP) is 1.18. The molecule has 1 saturated heterocycles. The van der Waals surface area contributed by atoms with Gasteiger partial charge in [-0.2, -0.15) is 0 Å². The van der Waals surface area contributed by atoms with Crippen LogP contribution in [0.4, 0.5) is 0 Å². The van der Waals surface area contributed by atoms with Gasteiger partial charge in [0.2, 0.25) is 5.91 Å². The molecule has 2 aromatic rings. The number of aromatic nitrogens is 2. The zero-order chi connectivity index (χ0) is 19.4. The number of nitrogens with zero attached hydrogens (tertiary/aromatic N) is 2. The van der Waals surface area contributed by atoms with Crippen LogP contribution in [0.5, 0.6) is 0 Å². The van der Waals surface area contributed by atoms with Crippen LogP contribution in [0.25, 0.3) is 5.69 Å². The zero-order valence-corrected chi connectivity index (χ0v) is 16.3. The molecule has 0 radical (unpaired) electrons. The second kappa shape index (κ2) is 8.13. The van der Waals surface area contributed by atoms with Gasteiger partial charge in [0.1, 0.15) is 0 Å². The van der Waals surface area contributed by atoms with Crippen molar-refractivity contribution in [3.05, 3.63) is 42.2 Å². The molecule has 8 nitrogen and oxygen atoms in total. The highest BCUT2D eigenvalue weighted by molar-refractivity contribution is 7.98. The molecule has 2 amide bonds. The van der Waals surface area contributed by atoms with Gasteiger partial charge in [0.05, 0.1) is 11.5 Å². The zero-order valence-electron chi connectivity index (χ0n) is 14.7. The molecule has 0 bridgehead atoms. The molecule has 27 heavy (non-hydrogen) atoms. The molecule has 2 heterocycles. The first-order chi connectivity index (χ1) is 12.9. The minimum absolute atomic E-state index is 0.0269. The van der Waals surface area contributed by atoms with Crippen molar-refractivity contribution in [1.82, 2.24) is 20.4 Å². The second-order valence-corrected chi connectivity index (χ2v) is 9.31. The summed E-state index contributed by atoms with van der Waals surface area (Å²) in [5.74, 6) is -0.896. The van der Waals surface area contributed by atoms with Crippen molar-refractivity contribution in [1.29, 1.82) is 0 Å². The van der Waals surface area contributed by atoms with E-state index in [9.17, 15) is 18.0 Å². The van der Waals surface area contributed by atoms with Crippen molar-refractivity contribution in [3.8, 4) is 5.69 Å². The first-order valence-electron chi connectivity index (χ1n) is 8.35. The highest BCUT2D eigenvalue weighted by Crippen LogP contribution is 2.21. The van der Waals surface area contributed by atoms with Crippen LogP contribution in [0, 0.1) is 5.92 Å². The third-order valence-electron chi connectivity index (χ3n) is 4.29. The maximum atomic E-state index is 12.3. The number of amides is 2. The van der Waals surface area contributed by atoms with E-state index < -0.39 is 21.7 Å². The Labute approximate surface area is 161 Å². The number of imidazole rings is 1. The number of hydrazine groups is 1. The van der Waals surface area contributed by atoms with E-state index in [0.717, 1.165) is 10.8 Å². The van der Waals surface area contributed by atoms with Gasteiger partial charge in [-0.1, -0.05) is 17.8 Å². The molecule has 1 atom stereocenters. The summed E-state index contributed by atoms with van der Waals surface area (Å²) in [6.07, 6.45) is 5.96. The Morgan fingerprint density at radius 3 is 2.85 bits per heavy atom. The minimum Gasteiger partial charge on any atom is -0.295 e. The van der Waals surface area contributed by atoms with Crippen LogP contribution in [0.3, 0.4) is 0 Å². The van der Waals surface area contributed by atoms with Gasteiger partial charge in [0.25, 0.3) is 5.91 Å². The Hall–Kier alpha value is -2.33. The number of benzene rings is 1. The van der Waals surface area contributed by atoms with Crippen LogP contribution in [-0.4, -0.2) is 47.5 Å². The third-order valence-corrected chi connectivity index (χ3v) is 6.80. The Kier molecular flexibility index (Phi) is 5.85. The van der Waals surface area contributed by atoms with Crippen LogP contribution < -0.4 is 10.9 Å². The molecule has 1 unspecified atom stereocenters. The topological polar surface area (TPSA) is 110 Å². The fourth-order valence-corrected chi connectivity index (χ4v) is 5.37. The van der Waals surface area contributed by atoms with Crippen LogP contribution in [0.15, 0.2) is 41.8 Å². The predicted molar refractivity (Wildman–Crippen MR) is 102 cm³/mol. The molecule has 1 fully saturated rings. The Balaban J connectivity index is 1.58.